The van der Waals surface area contributed by atoms with E-state index in [-0.39, 0.29) is 11.9 Å². The van der Waals surface area contributed by atoms with Gasteiger partial charge >= 0.3 is 0 Å². The number of benzene rings is 1. The average molecular weight is 354 g/mol. The zero-order valence-corrected chi connectivity index (χ0v) is 14.7. The van der Waals surface area contributed by atoms with Gasteiger partial charge in [-0.3, -0.25) is 9.69 Å². The van der Waals surface area contributed by atoms with E-state index in [9.17, 15) is 4.79 Å². The Hall–Kier alpha value is -0.740. The lowest BCUT2D eigenvalue weighted by molar-refractivity contribution is 0.0753. The summed E-state index contributed by atoms with van der Waals surface area (Å²) in [4.78, 5) is 14.9. The first-order valence-electron chi connectivity index (χ1n) is 6.84. The zero-order valence-electron chi connectivity index (χ0n) is 12.3. The molecule has 0 aliphatic carbocycles. The number of aryl methyl sites for hydroxylation is 1. The van der Waals surface area contributed by atoms with Crippen molar-refractivity contribution in [3.05, 3.63) is 44.9 Å². The van der Waals surface area contributed by atoms with Crippen molar-refractivity contribution in [2.75, 3.05) is 5.75 Å². The molecule has 108 valence electrons. The molecule has 1 saturated heterocycles. The first-order chi connectivity index (χ1) is 9.45. The molecule has 0 radical (unpaired) electrons. The third-order valence-corrected chi connectivity index (χ3v) is 5.45. The normalized spacial score (nSPS) is 21.0. The average Bonchev–Trinajstić information content (AvgIpc) is 2.81. The Morgan fingerprint density at radius 1 is 1.50 bits per heavy atom. The molecule has 1 aliphatic heterocycles. The summed E-state index contributed by atoms with van der Waals surface area (Å²) in [6.07, 6.45) is 2.03. The third kappa shape index (κ3) is 2.96. The first kappa shape index (κ1) is 15.6. The van der Waals surface area contributed by atoms with Crippen LogP contribution in [0, 0.1) is 12.8 Å². The van der Waals surface area contributed by atoms with Crippen LogP contribution < -0.4 is 0 Å². The van der Waals surface area contributed by atoms with E-state index in [0.29, 0.717) is 5.92 Å². The van der Waals surface area contributed by atoms with Gasteiger partial charge in [0.2, 0.25) is 0 Å². The summed E-state index contributed by atoms with van der Waals surface area (Å²) in [5, 5.41) is 1.07. The van der Waals surface area contributed by atoms with Crippen LogP contribution in [0.5, 0.6) is 0 Å². The van der Waals surface area contributed by atoms with Crippen LogP contribution in [-0.2, 0) is 0 Å². The molecular formula is C16H20BrNOS. The fourth-order valence-electron chi connectivity index (χ4n) is 2.37. The van der Waals surface area contributed by atoms with Gasteiger partial charge in [0, 0.05) is 16.3 Å². The Kier molecular flexibility index (Phi) is 4.97. The molecule has 1 aromatic rings. The SMILES string of the molecule is C/C=C1\SC[C@H](C(C)C)N1C(=O)c1ccc(C)cc1Br. The Bertz CT molecular complexity index is 553. The van der Waals surface area contributed by atoms with Gasteiger partial charge < -0.3 is 0 Å². The molecule has 0 saturated carbocycles. The molecular weight excluding hydrogens is 334 g/mol. The van der Waals surface area contributed by atoms with Crippen LogP contribution in [0.15, 0.2) is 33.8 Å². The zero-order chi connectivity index (χ0) is 14.9. The molecule has 1 aliphatic rings. The van der Waals surface area contributed by atoms with Crippen LogP contribution in [0.2, 0.25) is 0 Å². The van der Waals surface area contributed by atoms with Crippen LogP contribution in [-0.4, -0.2) is 22.6 Å². The van der Waals surface area contributed by atoms with Crippen LogP contribution in [0.3, 0.4) is 0 Å². The molecule has 1 heterocycles. The molecule has 0 bridgehead atoms. The number of rotatable bonds is 2. The fraction of sp³-hybridized carbons (Fsp3) is 0.438. The van der Waals surface area contributed by atoms with E-state index < -0.39 is 0 Å². The summed E-state index contributed by atoms with van der Waals surface area (Å²) in [6, 6.07) is 6.17. The van der Waals surface area contributed by atoms with Crippen molar-refractivity contribution < 1.29 is 4.79 Å². The van der Waals surface area contributed by atoms with Crippen LogP contribution in [0.4, 0.5) is 0 Å². The topological polar surface area (TPSA) is 20.3 Å². The summed E-state index contributed by atoms with van der Waals surface area (Å²) in [5.41, 5.74) is 1.89. The number of allylic oxidation sites excluding steroid dienone is 1. The van der Waals surface area contributed by atoms with Crippen molar-refractivity contribution in [3.63, 3.8) is 0 Å². The highest BCUT2D eigenvalue weighted by atomic mass is 79.9. The number of halogens is 1. The molecule has 0 spiro atoms. The fourth-order valence-corrected chi connectivity index (χ4v) is 4.43. The molecule has 1 amide bonds. The predicted molar refractivity (Wildman–Crippen MR) is 89.9 cm³/mol. The van der Waals surface area contributed by atoms with E-state index in [1.165, 1.54) is 0 Å². The van der Waals surface area contributed by atoms with Crippen molar-refractivity contribution in [1.82, 2.24) is 4.90 Å². The van der Waals surface area contributed by atoms with Crippen molar-refractivity contribution in [3.8, 4) is 0 Å². The summed E-state index contributed by atoms with van der Waals surface area (Å²) >= 11 is 5.29. The molecule has 20 heavy (non-hydrogen) atoms. The van der Waals surface area contributed by atoms with Gasteiger partial charge in [0.25, 0.3) is 5.91 Å². The maximum Gasteiger partial charge on any atom is 0.260 e. The second-order valence-corrected chi connectivity index (χ2v) is 7.30. The highest BCUT2D eigenvalue weighted by molar-refractivity contribution is 9.10. The van der Waals surface area contributed by atoms with Crippen molar-refractivity contribution in [1.29, 1.82) is 0 Å². The maximum atomic E-state index is 12.9. The third-order valence-electron chi connectivity index (χ3n) is 3.56. The molecule has 2 rings (SSSR count). The Labute approximate surface area is 133 Å². The number of nitrogens with zero attached hydrogens (tertiary/aromatic N) is 1. The predicted octanol–water partition coefficient (Wildman–Crippen LogP) is 4.83. The number of carbonyl (C=O) groups excluding carboxylic acids is 1. The van der Waals surface area contributed by atoms with E-state index >= 15 is 0 Å². The van der Waals surface area contributed by atoms with E-state index in [4.69, 9.17) is 0 Å². The van der Waals surface area contributed by atoms with Gasteiger partial charge in [-0.15, -0.1) is 11.8 Å². The summed E-state index contributed by atoms with van der Waals surface area (Å²) in [5.74, 6) is 1.52. The van der Waals surface area contributed by atoms with Gasteiger partial charge in [0.05, 0.1) is 10.6 Å². The van der Waals surface area contributed by atoms with Gasteiger partial charge in [-0.1, -0.05) is 26.0 Å². The quantitative estimate of drug-likeness (QED) is 0.758. The molecule has 1 fully saturated rings. The van der Waals surface area contributed by atoms with E-state index in [1.807, 2.05) is 43.0 Å². The van der Waals surface area contributed by atoms with Crippen LogP contribution >= 0.6 is 27.7 Å². The maximum absolute atomic E-state index is 12.9. The lowest BCUT2D eigenvalue weighted by Crippen LogP contribution is -2.39. The minimum absolute atomic E-state index is 0.0914. The number of hydrogen-bond donors (Lipinski definition) is 0. The first-order valence-corrected chi connectivity index (χ1v) is 8.62. The lowest BCUT2D eigenvalue weighted by atomic mass is 10.0. The molecule has 0 unspecified atom stereocenters. The van der Waals surface area contributed by atoms with Gasteiger partial charge in [-0.25, -0.2) is 0 Å². The van der Waals surface area contributed by atoms with Crippen LogP contribution in [0.1, 0.15) is 36.7 Å². The van der Waals surface area contributed by atoms with E-state index in [2.05, 4.69) is 29.8 Å². The van der Waals surface area contributed by atoms with Gasteiger partial charge in [-0.05, 0) is 53.4 Å². The number of carbonyl (C=O) groups is 1. The van der Waals surface area contributed by atoms with Crippen molar-refractivity contribution >= 4 is 33.6 Å². The minimum atomic E-state index is 0.0914. The molecule has 0 N–H and O–H groups in total. The number of thioether (sulfide) groups is 1. The number of hydrogen-bond acceptors (Lipinski definition) is 2. The lowest BCUT2D eigenvalue weighted by Gasteiger charge is -2.28. The molecule has 2 nitrogen and oxygen atoms in total. The Morgan fingerprint density at radius 3 is 2.75 bits per heavy atom. The second kappa shape index (κ2) is 6.35. The minimum Gasteiger partial charge on any atom is -0.299 e. The standard InChI is InChI=1S/C16H20BrNOS/c1-5-15-18(14(9-20-15)10(2)3)16(19)12-7-6-11(4)8-13(12)17/h5-8,10,14H,9H2,1-4H3/b15-5-/t14-/m1/s1. The second-order valence-electron chi connectivity index (χ2n) is 5.41. The molecule has 1 atom stereocenters. The number of amides is 1. The smallest absolute Gasteiger partial charge is 0.260 e. The molecule has 0 aromatic heterocycles. The Balaban J connectivity index is 2.39. The van der Waals surface area contributed by atoms with E-state index in [0.717, 1.165) is 26.4 Å². The highest BCUT2D eigenvalue weighted by Gasteiger charge is 2.36. The van der Waals surface area contributed by atoms with Gasteiger partial charge in [0.1, 0.15) is 0 Å². The summed E-state index contributed by atoms with van der Waals surface area (Å²) in [6.45, 7) is 8.37. The van der Waals surface area contributed by atoms with Crippen LogP contribution in [0.25, 0.3) is 0 Å². The van der Waals surface area contributed by atoms with Gasteiger partial charge in [-0.2, -0.15) is 0 Å². The monoisotopic (exact) mass is 353 g/mol. The van der Waals surface area contributed by atoms with E-state index in [1.54, 1.807) is 11.8 Å². The molecule has 4 heteroatoms. The largest absolute Gasteiger partial charge is 0.299 e. The molecule has 1 aromatic carbocycles. The van der Waals surface area contributed by atoms with Gasteiger partial charge in [0.15, 0.2) is 0 Å². The Morgan fingerprint density at radius 2 is 2.20 bits per heavy atom. The summed E-state index contributed by atoms with van der Waals surface area (Å²) in [7, 11) is 0. The van der Waals surface area contributed by atoms with Crippen molar-refractivity contribution in [2.45, 2.75) is 33.7 Å². The summed E-state index contributed by atoms with van der Waals surface area (Å²) < 4.78 is 0.873. The van der Waals surface area contributed by atoms with Crippen molar-refractivity contribution in [2.24, 2.45) is 5.92 Å². The highest BCUT2D eigenvalue weighted by Crippen LogP contribution is 2.37.